The number of esters is 1. The Morgan fingerprint density at radius 1 is 1.15 bits per heavy atom. The number of Topliss-reactive ketones (excluding diaryl/α,β-unsaturated/α-hetero) is 1. The molecule has 1 aromatic rings. The molecule has 0 saturated heterocycles. The Hall–Kier alpha value is -2.30. The van der Waals surface area contributed by atoms with Crippen LogP contribution < -0.4 is 4.74 Å². The maximum Gasteiger partial charge on any atom is 0.311 e. The Kier molecular flexibility index (Phi) is 5.08. The first-order chi connectivity index (χ1) is 12.3. The number of benzene rings is 1. The van der Waals surface area contributed by atoms with Gasteiger partial charge in [-0.2, -0.15) is 0 Å². The number of methoxy groups -OCH3 is 1. The molecule has 1 aliphatic carbocycles. The zero-order valence-corrected chi connectivity index (χ0v) is 15.8. The fourth-order valence-corrected chi connectivity index (χ4v) is 3.37. The predicted molar refractivity (Wildman–Crippen MR) is 97.5 cm³/mol. The van der Waals surface area contributed by atoms with E-state index in [0.29, 0.717) is 24.8 Å². The van der Waals surface area contributed by atoms with Gasteiger partial charge in [-0.3, -0.25) is 9.59 Å². The van der Waals surface area contributed by atoms with Crippen molar-refractivity contribution in [2.45, 2.75) is 52.2 Å². The molecular formula is C21H26O5. The number of ketones is 1. The van der Waals surface area contributed by atoms with Crippen LogP contribution in [0.15, 0.2) is 30.5 Å². The van der Waals surface area contributed by atoms with Gasteiger partial charge in [0.2, 0.25) is 0 Å². The van der Waals surface area contributed by atoms with Gasteiger partial charge in [-0.1, -0.05) is 12.1 Å². The third-order valence-electron chi connectivity index (χ3n) is 4.99. The van der Waals surface area contributed by atoms with Crippen LogP contribution in [-0.4, -0.2) is 31.1 Å². The molecule has 1 saturated carbocycles. The van der Waals surface area contributed by atoms with E-state index >= 15 is 0 Å². The van der Waals surface area contributed by atoms with Crippen LogP contribution in [0.5, 0.6) is 5.75 Å². The Morgan fingerprint density at radius 2 is 1.85 bits per heavy atom. The zero-order chi connectivity index (χ0) is 18.9. The van der Waals surface area contributed by atoms with Crippen molar-refractivity contribution in [3.05, 3.63) is 36.1 Å². The first-order valence-electron chi connectivity index (χ1n) is 9.05. The highest BCUT2D eigenvalue weighted by atomic mass is 16.5. The number of carbonyl (C=O) groups excluding carboxylic acids is 2. The van der Waals surface area contributed by atoms with Crippen molar-refractivity contribution in [3.63, 3.8) is 0 Å². The van der Waals surface area contributed by atoms with Crippen LogP contribution in [0.3, 0.4) is 0 Å². The smallest absolute Gasteiger partial charge is 0.311 e. The highest BCUT2D eigenvalue weighted by Gasteiger charge is 2.42. The highest BCUT2D eigenvalue weighted by molar-refractivity contribution is 6.22. The van der Waals surface area contributed by atoms with Crippen molar-refractivity contribution in [3.8, 4) is 5.75 Å². The molecule has 3 unspecified atom stereocenters. The summed E-state index contributed by atoms with van der Waals surface area (Å²) in [4.78, 5) is 25.0. The maximum atomic E-state index is 12.9. The SMILES string of the molecule is COc1ccc(C2=COC3CC(OC(=O)C(C)(C)C)CCC3C2=O)cc1. The van der Waals surface area contributed by atoms with E-state index in [0.717, 1.165) is 11.3 Å². The quantitative estimate of drug-likeness (QED) is 0.770. The van der Waals surface area contributed by atoms with E-state index < -0.39 is 5.41 Å². The van der Waals surface area contributed by atoms with E-state index in [1.54, 1.807) is 13.4 Å². The van der Waals surface area contributed by atoms with Crippen molar-refractivity contribution in [2.24, 2.45) is 11.3 Å². The van der Waals surface area contributed by atoms with Crippen LogP contribution in [0.2, 0.25) is 0 Å². The maximum absolute atomic E-state index is 12.9. The summed E-state index contributed by atoms with van der Waals surface area (Å²) in [5.41, 5.74) is 0.899. The standard InChI is InChI=1S/C21H26O5/c1-21(2,3)20(23)26-15-9-10-16-18(11-15)25-12-17(19(16)22)13-5-7-14(24-4)8-6-13/h5-8,12,15-16,18H,9-11H2,1-4H3. The molecule has 3 atom stereocenters. The van der Waals surface area contributed by atoms with Gasteiger partial charge in [0, 0.05) is 6.42 Å². The van der Waals surface area contributed by atoms with Gasteiger partial charge < -0.3 is 14.2 Å². The summed E-state index contributed by atoms with van der Waals surface area (Å²) < 4.78 is 16.6. The lowest BCUT2D eigenvalue weighted by atomic mass is 9.77. The minimum Gasteiger partial charge on any atom is -0.497 e. The number of carbonyl (C=O) groups is 2. The molecule has 0 aromatic heterocycles. The van der Waals surface area contributed by atoms with Crippen LogP contribution in [-0.2, 0) is 19.1 Å². The summed E-state index contributed by atoms with van der Waals surface area (Å²) in [6, 6.07) is 7.39. The summed E-state index contributed by atoms with van der Waals surface area (Å²) >= 11 is 0. The molecule has 5 heteroatoms. The topological polar surface area (TPSA) is 61.8 Å². The predicted octanol–water partition coefficient (Wildman–Crippen LogP) is 3.76. The lowest BCUT2D eigenvalue weighted by Crippen LogP contribution is -2.42. The van der Waals surface area contributed by atoms with Crippen molar-refractivity contribution < 1.29 is 23.8 Å². The molecule has 0 spiro atoms. The molecule has 1 aromatic carbocycles. The number of fused-ring (bicyclic) bond motifs is 1. The number of rotatable bonds is 3. The fraction of sp³-hybridized carbons (Fsp3) is 0.524. The van der Waals surface area contributed by atoms with Gasteiger partial charge in [-0.15, -0.1) is 0 Å². The van der Waals surface area contributed by atoms with Gasteiger partial charge in [0.25, 0.3) is 0 Å². The van der Waals surface area contributed by atoms with E-state index in [1.807, 2.05) is 45.0 Å². The minimum atomic E-state index is -0.526. The van der Waals surface area contributed by atoms with Gasteiger partial charge in [-0.05, 0) is 51.3 Å². The minimum absolute atomic E-state index is 0.104. The lowest BCUT2D eigenvalue weighted by molar-refractivity contribution is -0.163. The molecule has 0 N–H and O–H groups in total. The first kappa shape index (κ1) is 18.5. The third-order valence-corrected chi connectivity index (χ3v) is 4.99. The van der Waals surface area contributed by atoms with Crippen molar-refractivity contribution in [2.75, 3.05) is 7.11 Å². The molecule has 5 nitrogen and oxygen atoms in total. The van der Waals surface area contributed by atoms with Crippen molar-refractivity contribution in [1.82, 2.24) is 0 Å². The third kappa shape index (κ3) is 3.76. The molecule has 26 heavy (non-hydrogen) atoms. The number of hydrogen-bond acceptors (Lipinski definition) is 5. The monoisotopic (exact) mass is 358 g/mol. The Labute approximate surface area is 154 Å². The number of hydrogen-bond donors (Lipinski definition) is 0. The molecule has 0 amide bonds. The largest absolute Gasteiger partial charge is 0.497 e. The van der Waals surface area contributed by atoms with E-state index in [2.05, 4.69) is 0 Å². The summed E-state index contributed by atoms with van der Waals surface area (Å²) in [5, 5.41) is 0. The highest BCUT2D eigenvalue weighted by Crippen LogP contribution is 2.38. The molecule has 3 rings (SSSR count). The summed E-state index contributed by atoms with van der Waals surface area (Å²) in [7, 11) is 1.61. The summed E-state index contributed by atoms with van der Waals surface area (Å²) in [5.74, 6) is 0.462. The average Bonchev–Trinajstić information content (AvgIpc) is 2.61. The summed E-state index contributed by atoms with van der Waals surface area (Å²) in [6.07, 6.45) is 3.06. The number of allylic oxidation sites excluding steroid dienone is 1. The van der Waals surface area contributed by atoms with E-state index in [9.17, 15) is 9.59 Å². The number of ether oxygens (including phenoxy) is 3. The molecule has 140 valence electrons. The molecule has 2 aliphatic rings. The second-order valence-corrected chi connectivity index (χ2v) is 8.00. The van der Waals surface area contributed by atoms with E-state index in [1.165, 1.54) is 0 Å². The first-order valence-corrected chi connectivity index (χ1v) is 9.05. The molecule has 0 bridgehead atoms. The lowest BCUT2D eigenvalue weighted by Gasteiger charge is -2.38. The van der Waals surface area contributed by atoms with Crippen LogP contribution in [0.1, 0.15) is 45.6 Å². The fourth-order valence-electron chi connectivity index (χ4n) is 3.37. The summed E-state index contributed by atoms with van der Waals surface area (Å²) in [6.45, 7) is 5.52. The van der Waals surface area contributed by atoms with Gasteiger partial charge >= 0.3 is 5.97 Å². The van der Waals surface area contributed by atoms with E-state index in [-0.39, 0.29) is 29.9 Å². The molecule has 0 radical (unpaired) electrons. The van der Waals surface area contributed by atoms with Crippen molar-refractivity contribution in [1.29, 1.82) is 0 Å². The molecular weight excluding hydrogens is 332 g/mol. The second-order valence-electron chi connectivity index (χ2n) is 8.00. The van der Waals surface area contributed by atoms with Gasteiger partial charge in [0.15, 0.2) is 5.78 Å². The Balaban J connectivity index is 1.69. The van der Waals surface area contributed by atoms with Crippen LogP contribution in [0, 0.1) is 11.3 Å². The van der Waals surface area contributed by atoms with Crippen LogP contribution >= 0.6 is 0 Å². The van der Waals surface area contributed by atoms with Gasteiger partial charge in [0.1, 0.15) is 18.0 Å². The molecule has 1 heterocycles. The average molecular weight is 358 g/mol. The van der Waals surface area contributed by atoms with Crippen LogP contribution in [0.4, 0.5) is 0 Å². The van der Waals surface area contributed by atoms with Gasteiger partial charge in [0.05, 0.1) is 30.3 Å². The van der Waals surface area contributed by atoms with Gasteiger partial charge in [-0.25, -0.2) is 0 Å². The molecule has 1 aliphatic heterocycles. The molecule has 1 fully saturated rings. The van der Waals surface area contributed by atoms with E-state index in [4.69, 9.17) is 14.2 Å². The van der Waals surface area contributed by atoms with Crippen LogP contribution in [0.25, 0.3) is 5.57 Å². The Bertz CT molecular complexity index is 711. The normalized spacial score (nSPS) is 25.6. The Morgan fingerprint density at radius 3 is 2.46 bits per heavy atom. The zero-order valence-electron chi connectivity index (χ0n) is 15.8. The second kappa shape index (κ2) is 7.14. The van der Waals surface area contributed by atoms with Crippen molar-refractivity contribution >= 4 is 17.3 Å².